The van der Waals surface area contributed by atoms with E-state index in [1.54, 1.807) is 12.5 Å². The van der Waals surface area contributed by atoms with Crippen LogP contribution >= 0.6 is 0 Å². The molecule has 0 aliphatic rings. The van der Waals surface area contributed by atoms with Gasteiger partial charge in [0, 0.05) is 25.1 Å². The fourth-order valence-corrected chi connectivity index (χ4v) is 2.66. The van der Waals surface area contributed by atoms with Gasteiger partial charge in [0.05, 0.1) is 12.0 Å². The third kappa shape index (κ3) is 3.22. The highest BCUT2D eigenvalue weighted by Gasteiger charge is 2.21. The summed E-state index contributed by atoms with van der Waals surface area (Å²) in [5.74, 6) is 0.723. The molecular formula is C18H21N5O. The zero-order valence-corrected chi connectivity index (χ0v) is 14.1. The molecule has 2 aromatic heterocycles. The number of carbonyl (C=O) groups excluding carboxylic acids is 1. The number of nitrogens with zero attached hydrogens (tertiary/aromatic N) is 4. The van der Waals surface area contributed by atoms with Gasteiger partial charge in [-0.15, -0.1) is 0 Å². The maximum absolute atomic E-state index is 12.6. The van der Waals surface area contributed by atoms with Crippen molar-refractivity contribution in [2.75, 3.05) is 0 Å². The van der Waals surface area contributed by atoms with Gasteiger partial charge in [-0.25, -0.2) is 9.97 Å². The molecule has 0 radical (unpaired) electrons. The fourth-order valence-electron chi connectivity index (χ4n) is 2.66. The smallest absolute Gasteiger partial charge is 0.240 e. The van der Waals surface area contributed by atoms with E-state index in [4.69, 9.17) is 0 Å². The molecular weight excluding hydrogens is 302 g/mol. The molecule has 124 valence electrons. The monoisotopic (exact) mass is 323 g/mol. The van der Waals surface area contributed by atoms with Crippen molar-refractivity contribution in [3.63, 3.8) is 0 Å². The molecule has 0 saturated heterocycles. The molecule has 6 heteroatoms. The average molecular weight is 323 g/mol. The molecule has 1 N–H and O–H groups in total. The number of hydrogen-bond donors (Lipinski definition) is 1. The van der Waals surface area contributed by atoms with E-state index in [-0.39, 0.29) is 18.5 Å². The van der Waals surface area contributed by atoms with Crippen molar-refractivity contribution >= 4 is 5.91 Å². The standard InChI is InChI=1S/C18H21N5O/c1-13-14(2)23(12-20-13)11-16(24)21-17(15-7-5-4-6-8-15)18-19-9-10-22(18)3/h4-10,12,17H,11H2,1-3H3,(H,21,24). The van der Waals surface area contributed by atoms with Gasteiger partial charge in [-0.3, -0.25) is 4.79 Å². The highest BCUT2D eigenvalue weighted by atomic mass is 16.2. The molecule has 0 aliphatic carbocycles. The van der Waals surface area contributed by atoms with E-state index in [1.165, 1.54) is 0 Å². The number of hydrogen-bond acceptors (Lipinski definition) is 3. The number of aromatic nitrogens is 4. The van der Waals surface area contributed by atoms with Gasteiger partial charge in [0.15, 0.2) is 0 Å². The van der Waals surface area contributed by atoms with Crippen molar-refractivity contribution in [3.8, 4) is 0 Å². The van der Waals surface area contributed by atoms with E-state index < -0.39 is 0 Å². The number of nitrogens with one attached hydrogen (secondary N) is 1. The quantitative estimate of drug-likeness (QED) is 0.782. The van der Waals surface area contributed by atoms with Gasteiger partial charge in [0.1, 0.15) is 18.4 Å². The summed E-state index contributed by atoms with van der Waals surface area (Å²) in [4.78, 5) is 21.2. The van der Waals surface area contributed by atoms with Crippen LogP contribution in [0.1, 0.15) is 28.8 Å². The Kier molecular flexibility index (Phi) is 4.46. The molecule has 1 atom stereocenters. The van der Waals surface area contributed by atoms with Crippen molar-refractivity contribution in [2.24, 2.45) is 7.05 Å². The van der Waals surface area contributed by atoms with Crippen molar-refractivity contribution in [1.29, 1.82) is 0 Å². The van der Waals surface area contributed by atoms with Crippen LogP contribution in [0.15, 0.2) is 49.1 Å². The lowest BCUT2D eigenvalue weighted by Gasteiger charge is -2.19. The maximum Gasteiger partial charge on any atom is 0.240 e. The first-order chi connectivity index (χ1) is 11.6. The molecule has 1 aromatic carbocycles. The number of aryl methyl sites for hydroxylation is 2. The Balaban J connectivity index is 1.83. The molecule has 1 amide bonds. The van der Waals surface area contributed by atoms with Gasteiger partial charge in [0.2, 0.25) is 5.91 Å². The van der Waals surface area contributed by atoms with Crippen LogP contribution in [0, 0.1) is 13.8 Å². The lowest BCUT2D eigenvalue weighted by Crippen LogP contribution is -2.33. The van der Waals surface area contributed by atoms with Crippen LogP contribution < -0.4 is 5.32 Å². The van der Waals surface area contributed by atoms with Gasteiger partial charge in [-0.1, -0.05) is 30.3 Å². The predicted octanol–water partition coefficient (Wildman–Crippen LogP) is 2.14. The fraction of sp³-hybridized carbons (Fsp3) is 0.278. The molecule has 0 aliphatic heterocycles. The summed E-state index contributed by atoms with van der Waals surface area (Å²) in [7, 11) is 1.92. The van der Waals surface area contributed by atoms with E-state index >= 15 is 0 Å². The number of amides is 1. The summed E-state index contributed by atoms with van der Waals surface area (Å²) < 4.78 is 3.77. The first kappa shape index (κ1) is 16.0. The van der Waals surface area contributed by atoms with Gasteiger partial charge < -0.3 is 14.5 Å². The first-order valence-corrected chi connectivity index (χ1v) is 7.86. The van der Waals surface area contributed by atoms with Crippen LogP contribution in [0.25, 0.3) is 0 Å². The van der Waals surface area contributed by atoms with E-state index in [0.29, 0.717) is 0 Å². The van der Waals surface area contributed by atoms with Crippen LogP contribution in [0.4, 0.5) is 0 Å². The predicted molar refractivity (Wildman–Crippen MR) is 91.3 cm³/mol. The molecule has 3 aromatic rings. The number of imidazole rings is 2. The summed E-state index contributed by atoms with van der Waals surface area (Å²) in [5, 5.41) is 3.09. The Labute approximate surface area is 141 Å². The lowest BCUT2D eigenvalue weighted by molar-refractivity contribution is -0.122. The van der Waals surface area contributed by atoms with E-state index in [2.05, 4.69) is 15.3 Å². The maximum atomic E-state index is 12.6. The second-order valence-corrected chi connectivity index (χ2v) is 5.85. The zero-order chi connectivity index (χ0) is 17.1. The Morgan fingerprint density at radius 2 is 1.96 bits per heavy atom. The van der Waals surface area contributed by atoms with Gasteiger partial charge in [-0.2, -0.15) is 0 Å². The second-order valence-electron chi connectivity index (χ2n) is 5.85. The molecule has 0 saturated carbocycles. The molecule has 3 rings (SSSR count). The molecule has 0 fully saturated rings. The van der Waals surface area contributed by atoms with Crippen molar-refractivity contribution in [1.82, 2.24) is 24.4 Å². The van der Waals surface area contributed by atoms with Crippen LogP contribution in [0.5, 0.6) is 0 Å². The Morgan fingerprint density at radius 3 is 2.54 bits per heavy atom. The zero-order valence-electron chi connectivity index (χ0n) is 14.1. The van der Waals surface area contributed by atoms with Crippen LogP contribution in [-0.2, 0) is 18.4 Å². The minimum absolute atomic E-state index is 0.0765. The number of rotatable bonds is 5. The van der Waals surface area contributed by atoms with E-state index in [0.717, 1.165) is 22.8 Å². The third-order valence-electron chi connectivity index (χ3n) is 4.21. The highest BCUT2D eigenvalue weighted by molar-refractivity contribution is 5.76. The Bertz CT molecular complexity index is 834. The second kappa shape index (κ2) is 6.70. The topological polar surface area (TPSA) is 64.7 Å². The molecule has 0 spiro atoms. The molecule has 24 heavy (non-hydrogen) atoms. The van der Waals surface area contributed by atoms with Gasteiger partial charge in [-0.05, 0) is 19.4 Å². The van der Waals surface area contributed by atoms with Crippen molar-refractivity contribution < 1.29 is 4.79 Å². The Hall–Kier alpha value is -2.89. The minimum Gasteiger partial charge on any atom is -0.341 e. The summed E-state index contributed by atoms with van der Waals surface area (Å²) in [5.41, 5.74) is 2.93. The van der Waals surface area contributed by atoms with Crippen LogP contribution in [0.2, 0.25) is 0 Å². The van der Waals surface area contributed by atoms with Crippen molar-refractivity contribution in [2.45, 2.75) is 26.4 Å². The van der Waals surface area contributed by atoms with Gasteiger partial charge in [0.25, 0.3) is 0 Å². The van der Waals surface area contributed by atoms with Gasteiger partial charge >= 0.3 is 0 Å². The largest absolute Gasteiger partial charge is 0.341 e. The SMILES string of the molecule is Cc1ncn(CC(=O)NC(c2ccccc2)c2nccn2C)c1C. The number of benzene rings is 1. The minimum atomic E-state index is -0.288. The molecule has 0 bridgehead atoms. The summed E-state index contributed by atoms with van der Waals surface area (Å²) in [6.07, 6.45) is 5.31. The first-order valence-electron chi connectivity index (χ1n) is 7.86. The molecule has 1 unspecified atom stereocenters. The summed E-state index contributed by atoms with van der Waals surface area (Å²) in [6, 6.07) is 9.57. The average Bonchev–Trinajstić information content (AvgIpc) is 3.14. The van der Waals surface area contributed by atoms with Crippen LogP contribution in [-0.4, -0.2) is 25.0 Å². The highest BCUT2D eigenvalue weighted by Crippen LogP contribution is 2.20. The molecule has 2 heterocycles. The van der Waals surface area contributed by atoms with E-state index in [1.807, 2.05) is 66.6 Å². The van der Waals surface area contributed by atoms with E-state index in [9.17, 15) is 4.79 Å². The normalized spacial score (nSPS) is 12.1. The number of carbonyl (C=O) groups is 1. The summed E-state index contributed by atoms with van der Waals surface area (Å²) >= 11 is 0. The third-order valence-corrected chi connectivity index (χ3v) is 4.21. The van der Waals surface area contributed by atoms with Crippen LogP contribution in [0.3, 0.4) is 0 Å². The molecule has 6 nitrogen and oxygen atoms in total. The Morgan fingerprint density at radius 1 is 1.21 bits per heavy atom. The lowest BCUT2D eigenvalue weighted by atomic mass is 10.1. The summed E-state index contributed by atoms with van der Waals surface area (Å²) in [6.45, 7) is 4.13. The van der Waals surface area contributed by atoms with Crippen molar-refractivity contribution in [3.05, 3.63) is 71.8 Å².